The molecule has 0 saturated carbocycles. The topological polar surface area (TPSA) is 53.0 Å². The fourth-order valence-corrected chi connectivity index (χ4v) is 1.10. The van der Waals surface area contributed by atoms with Gasteiger partial charge in [0.2, 0.25) is 11.4 Å². The Hall–Kier alpha value is -1.84. The van der Waals surface area contributed by atoms with E-state index in [0.29, 0.717) is 5.69 Å². The highest BCUT2D eigenvalue weighted by Gasteiger charge is 2.14. The lowest BCUT2D eigenvalue weighted by atomic mass is 10.3. The van der Waals surface area contributed by atoms with Gasteiger partial charge in [-0.3, -0.25) is 0 Å². The predicted octanol–water partition coefficient (Wildman–Crippen LogP) is 0.333. The normalized spacial score (nSPS) is 10.2. The van der Waals surface area contributed by atoms with E-state index in [0.717, 1.165) is 5.69 Å². The van der Waals surface area contributed by atoms with Gasteiger partial charge in [-0.15, -0.1) is 0 Å². The predicted molar refractivity (Wildman–Crippen MR) is 42.2 cm³/mol. The van der Waals surface area contributed by atoms with Gasteiger partial charge in [-0.1, -0.05) is 18.2 Å². The third-order valence-corrected chi connectivity index (χ3v) is 1.82. The third kappa shape index (κ3) is 1.26. The molecule has 1 heterocycles. The van der Waals surface area contributed by atoms with Crippen molar-refractivity contribution in [3.05, 3.63) is 36.0 Å². The van der Waals surface area contributed by atoms with E-state index < -0.39 is 5.95 Å². The van der Waals surface area contributed by atoms with Crippen molar-refractivity contribution < 1.29 is 14.3 Å². The summed E-state index contributed by atoms with van der Waals surface area (Å²) < 4.78 is 5.98. The molecular formula is C9H8N2O2. The summed E-state index contributed by atoms with van der Waals surface area (Å²) in [6, 6.07) is 9.36. The molecule has 0 amide bonds. The SMILES string of the molecule is Cc1c([O-])on[n+]1-c1ccccc1. The van der Waals surface area contributed by atoms with E-state index in [-0.39, 0.29) is 0 Å². The molecule has 0 aliphatic rings. The summed E-state index contributed by atoms with van der Waals surface area (Å²) in [7, 11) is 0. The Kier molecular flexibility index (Phi) is 1.73. The second-order valence-corrected chi connectivity index (χ2v) is 2.69. The minimum Gasteiger partial charge on any atom is -0.539 e. The standard InChI is InChI=1S/C9H8N2O2/c1-7-9(12)13-10-11(7)8-5-3-2-4-6-8/h2-6H,1H3. The molecule has 0 fully saturated rings. The number of hydrogen-bond donors (Lipinski definition) is 0. The minimum atomic E-state index is -0.399. The van der Waals surface area contributed by atoms with Gasteiger partial charge in [-0.25, -0.2) is 0 Å². The molecule has 0 bridgehead atoms. The molecule has 0 aliphatic carbocycles. The molecule has 0 atom stereocenters. The number of nitrogens with zero attached hydrogens (tertiary/aromatic N) is 2. The summed E-state index contributed by atoms with van der Waals surface area (Å²) in [6.45, 7) is 1.67. The van der Waals surface area contributed by atoms with Crippen LogP contribution in [0.1, 0.15) is 5.69 Å². The molecule has 0 aliphatic heterocycles. The second kappa shape index (κ2) is 2.90. The summed E-state index contributed by atoms with van der Waals surface area (Å²) in [5, 5.41) is 14.6. The number of rotatable bonds is 1. The van der Waals surface area contributed by atoms with Crippen molar-refractivity contribution in [3.8, 4) is 11.6 Å². The monoisotopic (exact) mass is 176 g/mol. The van der Waals surface area contributed by atoms with Gasteiger partial charge in [0, 0.05) is 19.1 Å². The first-order chi connectivity index (χ1) is 6.29. The van der Waals surface area contributed by atoms with Crippen LogP contribution in [0.2, 0.25) is 0 Å². The van der Waals surface area contributed by atoms with Crippen molar-refractivity contribution in [2.45, 2.75) is 6.92 Å². The van der Waals surface area contributed by atoms with Crippen LogP contribution in [0.15, 0.2) is 34.9 Å². The Bertz CT molecular complexity index is 409. The zero-order chi connectivity index (χ0) is 9.26. The Morgan fingerprint density at radius 2 is 2.00 bits per heavy atom. The molecule has 2 aromatic rings. The van der Waals surface area contributed by atoms with Crippen LogP contribution in [-0.2, 0) is 0 Å². The Morgan fingerprint density at radius 3 is 2.54 bits per heavy atom. The zero-order valence-corrected chi connectivity index (χ0v) is 7.10. The van der Waals surface area contributed by atoms with Crippen LogP contribution >= 0.6 is 0 Å². The highest BCUT2D eigenvalue weighted by Crippen LogP contribution is 2.07. The Labute approximate surface area is 75.0 Å². The molecule has 4 nitrogen and oxygen atoms in total. The van der Waals surface area contributed by atoms with Crippen LogP contribution in [0, 0.1) is 6.92 Å². The first kappa shape index (κ1) is 7.79. The van der Waals surface area contributed by atoms with Crippen molar-refractivity contribution in [1.82, 2.24) is 5.27 Å². The highest BCUT2D eigenvalue weighted by atomic mass is 16.6. The maximum atomic E-state index is 11.0. The molecule has 0 unspecified atom stereocenters. The highest BCUT2D eigenvalue weighted by molar-refractivity contribution is 5.21. The number of aromatic nitrogens is 2. The van der Waals surface area contributed by atoms with Crippen molar-refractivity contribution in [2.75, 3.05) is 0 Å². The van der Waals surface area contributed by atoms with E-state index in [9.17, 15) is 5.11 Å². The first-order valence-corrected chi connectivity index (χ1v) is 3.90. The van der Waals surface area contributed by atoms with Crippen LogP contribution in [0.3, 0.4) is 0 Å². The Balaban J connectivity index is 2.53. The van der Waals surface area contributed by atoms with Gasteiger partial charge in [0.15, 0.2) is 5.95 Å². The first-order valence-electron chi connectivity index (χ1n) is 3.90. The minimum absolute atomic E-state index is 0.399. The van der Waals surface area contributed by atoms with E-state index in [4.69, 9.17) is 0 Å². The lowest BCUT2D eigenvalue weighted by Crippen LogP contribution is -2.35. The molecule has 0 saturated heterocycles. The third-order valence-electron chi connectivity index (χ3n) is 1.82. The Morgan fingerprint density at radius 1 is 1.31 bits per heavy atom. The maximum Gasteiger partial charge on any atom is 0.239 e. The molecule has 66 valence electrons. The summed E-state index contributed by atoms with van der Waals surface area (Å²) in [6.07, 6.45) is 0. The van der Waals surface area contributed by atoms with Crippen LogP contribution < -0.4 is 9.79 Å². The molecule has 2 rings (SSSR count). The van der Waals surface area contributed by atoms with Gasteiger partial charge >= 0.3 is 0 Å². The maximum absolute atomic E-state index is 11.0. The summed E-state index contributed by atoms with van der Waals surface area (Å²) >= 11 is 0. The van der Waals surface area contributed by atoms with Crippen LogP contribution in [0.4, 0.5) is 0 Å². The van der Waals surface area contributed by atoms with Crippen molar-refractivity contribution in [2.24, 2.45) is 0 Å². The van der Waals surface area contributed by atoms with E-state index in [1.165, 1.54) is 4.68 Å². The number of benzene rings is 1. The van der Waals surface area contributed by atoms with E-state index in [1.54, 1.807) is 6.92 Å². The molecule has 13 heavy (non-hydrogen) atoms. The average molecular weight is 176 g/mol. The molecule has 0 N–H and O–H groups in total. The molecule has 4 heteroatoms. The molecule has 1 aromatic carbocycles. The summed E-state index contributed by atoms with van der Waals surface area (Å²) in [4.78, 5) is 0. The molecule has 0 spiro atoms. The fourth-order valence-electron chi connectivity index (χ4n) is 1.10. The quantitative estimate of drug-likeness (QED) is 0.588. The van der Waals surface area contributed by atoms with Gasteiger partial charge in [-0.2, -0.15) is 0 Å². The van der Waals surface area contributed by atoms with Crippen molar-refractivity contribution >= 4 is 0 Å². The second-order valence-electron chi connectivity index (χ2n) is 2.69. The van der Waals surface area contributed by atoms with Crippen molar-refractivity contribution in [3.63, 3.8) is 0 Å². The lowest BCUT2D eigenvalue weighted by molar-refractivity contribution is -0.676. The zero-order valence-electron chi connectivity index (χ0n) is 7.10. The van der Waals surface area contributed by atoms with E-state index in [1.807, 2.05) is 30.3 Å². The molecular weight excluding hydrogens is 168 g/mol. The van der Waals surface area contributed by atoms with Crippen LogP contribution in [0.5, 0.6) is 5.95 Å². The average Bonchev–Trinajstić information content (AvgIpc) is 2.49. The van der Waals surface area contributed by atoms with Crippen molar-refractivity contribution in [1.29, 1.82) is 0 Å². The largest absolute Gasteiger partial charge is 0.539 e. The number of hydrogen-bond acceptors (Lipinski definition) is 3. The lowest BCUT2D eigenvalue weighted by Gasteiger charge is -1.89. The summed E-state index contributed by atoms with van der Waals surface area (Å²) in [5.74, 6) is -0.399. The van der Waals surface area contributed by atoms with E-state index in [2.05, 4.69) is 9.79 Å². The van der Waals surface area contributed by atoms with E-state index >= 15 is 0 Å². The molecule has 0 radical (unpaired) electrons. The van der Waals surface area contributed by atoms with Gasteiger partial charge in [-0.05, 0) is 4.68 Å². The van der Waals surface area contributed by atoms with Gasteiger partial charge in [0.25, 0.3) is 0 Å². The van der Waals surface area contributed by atoms with Gasteiger partial charge in [0.1, 0.15) is 0 Å². The van der Waals surface area contributed by atoms with Crippen LogP contribution in [-0.4, -0.2) is 5.27 Å². The van der Waals surface area contributed by atoms with Crippen LogP contribution in [0.25, 0.3) is 5.69 Å². The summed E-state index contributed by atoms with van der Waals surface area (Å²) in [5.41, 5.74) is 1.30. The smallest absolute Gasteiger partial charge is 0.239 e. The fraction of sp³-hybridized carbons (Fsp3) is 0.111. The molecule has 1 aromatic heterocycles. The number of para-hydroxylation sites is 1. The van der Waals surface area contributed by atoms with Gasteiger partial charge in [0.05, 0.1) is 5.27 Å². The van der Waals surface area contributed by atoms with Gasteiger partial charge < -0.3 is 9.63 Å².